The highest BCUT2D eigenvalue weighted by atomic mass is 127. The summed E-state index contributed by atoms with van der Waals surface area (Å²) in [6.07, 6.45) is 0. The van der Waals surface area contributed by atoms with Gasteiger partial charge in [-0.3, -0.25) is 4.79 Å². The Morgan fingerprint density at radius 1 is 1.14 bits per heavy atom. The Kier molecular flexibility index (Phi) is 2.08. The van der Waals surface area contributed by atoms with Gasteiger partial charge in [0.05, 0.1) is 16.9 Å². The predicted octanol–water partition coefficient (Wildman–Crippen LogP) is 3.01. The van der Waals surface area contributed by atoms with Gasteiger partial charge in [-0.1, -0.05) is 45.2 Å². The van der Waals surface area contributed by atoms with Gasteiger partial charge in [0.25, 0.3) is 0 Å². The van der Waals surface area contributed by atoms with E-state index in [0.29, 0.717) is 29.6 Å². The fourth-order valence-corrected chi connectivity index (χ4v) is 14.5. The van der Waals surface area contributed by atoms with Gasteiger partial charge in [0.1, 0.15) is 0 Å². The fraction of sp³-hybridized carbons (Fsp3) is 0.875. The van der Waals surface area contributed by atoms with E-state index in [9.17, 15) is 10.1 Å². The first-order chi connectivity index (χ1) is 9.71. The molecule has 0 aromatic carbocycles. The minimum atomic E-state index is -0.131. The van der Waals surface area contributed by atoms with Gasteiger partial charge in [-0.15, -0.1) is 0 Å². The first kappa shape index (κ1) is 13.8. The normalized spacial score (nSPS) is 62.6. The largest absolute Gasteiger partial charge is 0.337 e. The van der Waals surface area contributed by atoms with Crippen LogP contribution < -0.4 is 0 Å². The monoisotopic (exact) mass is 508 g/mol. The van der Waals surface area contributed by atoms with Gasteiger partial charge in [-0.25, -0.2) is 0 Å². The number of carbonyl (C=O) groups is 1. The highest BCUT2D eigenvalue weighted by Gasteiger charge is 3.22. The van der Waals surface area contributed by atoms with Crippen molar-refractivity contribution in [3.05, 3.63) is 0 Å². The second kappa shape index (κ2) is 3.15. The van der Waals surface area contributed by atoms with Gasteiger partial charge >= 0.3 is 0 Å². The molecule has 112 valence electrons. The van der Waals surface area contributed by atoms with Gasteiger partial charge < -0.3 is 4.90 Å². The van der Waals surface area contributed by atoms with E-state index < -0.39 is 0 Å². The molecule has 0 spiro atoms. The first-order valence-electron chi connectivity index (χ1n) is 7.83. The lowest BCUT2D eigenvalue weighted by atomic mass is 8.92. The number of rotatable bonds is 3. The number of carbonyl (C=O) groups excluding carboxylic acids is 1. The van der Waals surface area contributed by atoms with Crippen LogP contribution in [0.5, 0.6) is 0 Å². The molecular weight excluding hydrogens is 490 g/mol. The van der Waals surface area contributed by atoms with E-state index in [-0.39, 0.29) is 29.8 Å². The summed E-state index contributed by atoms with van der Waals surface area (Å²) in [5, 5.41) is 9.60. The van der Waals surface area contributed by atoms with Crippen molar-refractivity contribution in [1.82, 2.24) is 4.90 Å². The molecule has 0 radical (unpaired) electrons. The van der Waals surface area contributed by atoms with Gasteiger partial charge in [0, 0.05) is 24.8 Å². The molecule has 0 heterocycles. The molecule has 4 atom stereocenters. The molecule has 6 aliphatic carbocycles. The summed E-state index contributed by atoms with van der Waals surface area (Å²) in [6, 6.07) is 3.14. The number of amides is 1. The summed E-state index contributed by atoms with van der Waals surface area (Å²) in [7, 11) is 0. The Morgan fingerprint density at radius 2 is 1.62 bits per heavy atom. The molecule has 0 bridgehead atoms. The van der Waals surface area contributed by atoms with Gasteiger partial charge in [0.15, 0.2) is 0 Å². The lowest BCUT2D eigenvalue weighted by Gasteiger charge is -3.14. The Hall–Kier alpha value is 0.420. The van der Waals surface area contributed by atoms with Crippen LogP contribution in [0.4, 0.5) is 0 Å². The topological polar surface area (TPSA) is 44.1 Å². The highest BCUT2D eigenvalue weighted by Crippen LogP contribution is 3.16. The Morgan fingerprint density at radius 3 is 1.95 bits per heavy atom. The number of halogens is 2. The SMILES string of the molecule is CC(C)N(C(=O)C12C3C4C5(C#N)C3C1(I)C5C42I)C(C)C. The van der Waals surface area contributed by atoms with E-state index in [2.05, 4.69) is 83.8 Å². The van der Waals surface area contributed by atoms with E-state index in [1.54, 1.807) is 0 Å². The van der Waals surface area contributed by atoms with Crippen molar-refractivity contribution in [1.29, 1.82) is 5.26 Å². The molecule has 5 heteroatoms. The predicted molar refractivity (Wildman–Crippen MR) is 95.1 cm³/mol. The van der Waals surface area contributed by atoms with Gasteiger partial charge in [0.2, 0.25) is 5.91 Å². The van der Waals surface area contributed by atoms with Crippen LogP contribution in [0, 0.1) is 45.8 Å². The molecule has 21 heavy (non-hydrogen) atoms. The van der Waals surface area contributed by atoms with Crippen LogP contribution >= 0.6 is 45.2 Å². The van der Waals surface area contributed by atoms with E-state index in [4.69, 9.17) is 0 Å². The minimum Gasteiger partial charge on any atom is -0.337 e. The van der Waals surface area contributed by atoms with Crippen molar-refractivity contribution in [2.45, 2.75) is 46.6 Å². The standard InChI is InChI=1S/C16H18I2N2O/c1-6(2)20(7(3)4)12(21)14-8-9-13(5-19)10(8)16(14,18)11(13)15(9,14)17/h6-11H,1-4H3. The van der Waals surface area contributed by atoms with Gasteiger partial charge in [-0.2, -0.15) is 5.26 Å². The molecule has 6 rings (SSSR count). The van der Waals surface area contributed by atoms with Crippen molar-refractivity contribution in [3.8, 4) is 6.07 Å². The van der Waals surface area contributed by atoms with E-state index in [1.807, 2.05) is 0 Å². The summed E-state index contributed by atoms with van der Waals surface area (Å²) in [4.78, 5) is 15.5. The third-order valence-electron chi connectivity index (χ3n) is 7.56. The maximum atomic E-state index is 13.4. The maximum Gasteiger partial charge on any atom is 0.232 e. The molecule has 0 aromatic rings. The molecule has 0 aliphatic heterocycles. The zero-order valence-corrected chi connectivity index (χ0v) is 16.8. The van der Waals surface area contributed by atoms with Crippen LogP contribution in [0.3, 0.4) is 0 Å². The van der Waals surface area contributed by atoms with E-state index >= 15 is 0 Å². The first-order valence-corrected chi connectivity index (χ1v) is 9.99. The summed E-state index contributed by atoms with van der Waals surface area (Å²) < 4.78 is 0.223. The van der Waals surface area contributed by atoms with Crippen molar-refractivity contribution >= 4 is 51.1 Å². The van der Waals surface area contributed by atoms with Crippen molar-refractivity contribution in [3.63, 3.8) is 0 Å². The molecular formula is C16H18I2N2O. The Bertz CT molecular complexity index is 634. The molecule has 0 saturated heterocycles. The lowest BCUT2D eigenvalue weighted by Crippen LogP contribution is -3.22. The molecule has 6 fully saturated rings. The smallest absolute Gasteiger partial charge is 0.232 e. The molecule has 6 saturated carbocycles. The van der Waals surface area contributed by atoms with Crippen molar-refractivity contribution in [2.24, 2.45) is 34.5 Å². The number of hydrogen-bond donors (Lipinski definition) is 0. The minimum absolute atomic E-state index is 0.0183. The molecule has 4 unspecified atom stereocenters. The summed E-state index contributed by atoms with van der Waals surface area (Å²) in [5.74, 6) is 2.42. The van der Waals surface area contributed by atoms with Crippen LogP contribution in [0.2, 0.25) is 0 Å². The second-order valence-corrected chi connectivity index (χ2v) is 11.8. The Balaban J connectivity index is 1.57. The van der Waals surface area contributed by atoms with Crippen LogP contribution in [0.25, 0.3) is 0 Å². The summed E-state index contributed by atoms with van der Waals surface area (Å²) in [6.45, 7) is 8.48. The second-order valence-electron chi connectivity index (χ2n) is 8.20. The summed E-state index contributed by atoms with van der Waals surface area (Å²) in [5.41, 5.74) is -0.149. The average molecular weight is 508 g/mol. The quantitative estimate of drug-likeness (QED) is 0.435. The number of nitriles is 1. The molecule has 0 N–H and O–H groups in total. The van der Waals surface area contributed by atoms with E-state index in [0.717, 1.165) is 0 Å². The lowest BCUT2D eigenvalue weighted by molar-refractivity contribution is -0.574. The number of nitrogens with zero attached hydrogens (tertiary/aromatic N) is 2. The van der Waals surface area contributed by atoms with Crippen molar-refractivity contribution < 1.29 is 4.79 Å². The fourth-order valence-electron chi connectivity index (χ4n) is 7.53. The van der Waals surface area contributed by atoms with Crippen LogP contribution in [-0.4, -0.2) is 29.7 Å². The third kappa shape index (κ3) is 0.761. The molecule has 1 amide bonds. The van der Waals surface area contributed by atoms with Crippen LogP contribution in [-0.2, 0) is 4.79 Å². The van der Waals surface area contributed by atoms with Crippen molar-refractivity contribution in [2.75, 3.05) is 0 Å². The molecule has 6 aliphatic rings. The van der Waals surface area contributed by atoms with Gasteiger partial charge in [-0.05, 0) is 45.4 Å². The third-order valence-corrected chi connectivity index (χ3v) is 11.8. The van der Waals surface area contributed by atoms with E-state index in [1.165, 1.54) is 0 Å². The van der Waals surface area contributed by atoms with Crippen LogP contribution in [0.15, 0.2) is 0 Å². The highest BCUT2D eigenvalue weighted by molar-refractivity contribution is 14.1. The maximum absolute atomic E-state index is 13.4. The molecule has 0 aromatic heterocycles. The zero-order valence-electron chi connectivity index (χ0n) is 12.5. The summed E-state index contributed by atoms with van der Waals surface area (Å²) >= 11 is 5.13. The van der Waals surface area contributed by atoms with Crippen LogP contribution in [0.1, 0.15) is 27.7 Å². The average Bonchev–Trinajstić information content (AvgIpc) is 2.35. The number of alkyl halides is 2. The Labute approximate surface area is 152 Å². The molecule has 3 nitrogen and oxygen atoms in total. The number of hydrogen-bond acceptors (Lipinski definition) is 2. The zero-order chi connectivity index (χ0) is 15.3.